The van der Waals surface area contributed by atoms with Crippen LogP contribution in [0, 0.1) is 11.7 Å². The molecule has 2 spiro atoms. The van der Waals surface area contributed by atoms with Crippen LogP contribution in [0.2, 0.25) is 10.0 Å². The molecule has 2 saturated carbocycles. The summed E-state index contributed by atoms with van der Waals surface area (Å²) in [6, 6.07) is 14.7. The number of rotatable bonds is 7. The second-order valence-corrected chi connectivity index (χ2v) is 20.3. The zero-order chi connectivity index (χ0) is 44.8. The van der Waals surface area contributed by atoms with Crippen molar-refractivity contribution >= 4 is 63.6 Å². The number of aryl methyl sites for hydroxylation is 1. The fraction of sp³-hybridized carbons (Fsp3) is 0.531. The van der Waals surface area contributed by atoms with E-state index >= 15 is 9.18 Å². The van der Waals surface area contributed by atoms with Crippen molar-refractivity contribution in [2.75, 3.05) is 32.0 Å². The van der Waals surface area contributed by atoms with Crippen molar-refractivity contribution in [3.8, 4) is 0 Å². The number of primary amides is 1. The van der Waals surface area contributed by atoms with E-state index in [0.717, 1.165) is 93.4 Å². The number of fused-ring (bicyclic) bond motifs is 4. The number of nitrogens with one attached hydrogen (secondary N) is 1. The van der Waals surface area contributed by atoms with E-state index in [4.69, 9.17) is 28.9 Å². The Kier molecular flexibility index (Phi) is 11.1. The van der Waals surface area contributed by atoms with Crippen molar-refractivity contribution in [1.29, 1.82) is 0 Å². The van der Waals surface area contributed by atoms with Crippen LogP contribution in [0.25, 0.3) is 11.0 Å². The first-order chi connectivity index (χ1) is 30.8. The van der Waals surface area contributed by atoms with Gasteiger partial charge in [0.05, 0.1) is 22.1 Å². The molecule has 10 rings (SSSR count). The average Bonchev–Trinajstić information content (AvgIpc) is 3.82. The molecular formula is C49H56Cl2FN7O5. The van der Waals surface area contributed by atoms with Gasteiger partial charge in [0.2, 0.25) is 17.7 Å². The third-order valence-electron chi connectivity index (χ3n) is 16.4. The highest BCUT2D eigenvalue weighted by molar-refractivity contribution is 6.31. The average molecular weight is 913 g/mol. The van der Waals surface area contributed by atoms with Gasteiger partial charge in [0.1, 0.15) is 17.3 Å². The molecule has 6 atom stereocenters. The maximum absolute atomic E-state index is 16.6. The lowest BCUT2D eigenvalue weighted by Gasteiger charge is -2.54. The van der Waals surface area contributed by atoms with Gasteiger partial charge in [-0.15, -0.1) is 0 Å². The molecule has 5 fully saturated rings. The number of nitrogens with two attached hydrogens (primary N) is 1. The highest BCUT2D eigenvalue weighted by atomic mass is 35.5. The summed E-state index contributed by atoms with van der Waals surface area (Å²) in [4.78, 5) is 74.2. The van der Waals surface area contributed by atoms with Crippen LogP contribution in [0.3, 0.4) is 0 Å². The van der Waals surface area contributed by atoms with Crippen LogP contribution in [-0.2, 0) is 31.6 Å². The summed E-state index contributed by atoms with van der Waals surface area (Å²) in [6.45, 7) is 2.74. The number of nitrogens with zero attached hydrogens (tertiary/aromatic N) is 5. The Morgan fingerprint density at radius 3 is 2.41 bits per heavy atom. The van der Waals surface area contributed by atoms with E-state index in [-0.39, 0.29) is 46.5 Å². The molecule has 6 aliphatic rings. The van der Waals surface area contributed by atoms with Crippen molar-refractivity contribution in [2.24, 2.45) is 18.7 Å². The Bertz CT molecular complexity index is 2630. The molecule has 4 amide bonds. The van der Waals surface area contributed by atoms with E-state index in [1.807, 2.05) is 12.1 Å². The first-order valence-electron chi connectivity index (χ1n) is 23.1. The van der Waals surface area contributed by atoms with Gasteiger partial charge in [-0.3, -0.25) is 38.1 Å². The van der Waals surface area contributed by atoms with Gasteiger partial charge in [0.25, 0.3) is 5.91 Å². The van der Waals surface area contributed by atoms with Crippen molar-refractivity contribution in [3.05, 3.63) is 97.6 Å². The van der Waals surface area contributed by atoms with Gasteiger partial charge in [0.15, 0.2) is 0 Å². The number of hydrogen-bond acceptors (Lipinski definition) is 7. The number of hydrogen-bond donors (Lipinski definition) is 2. The lowest BCUT2D eigenvalue weighted by atomic mass is 9.55. The first kappa shape index (κ1) is 43.3. The lowest BCUT2D eigenvalue weighted by Crippen LogP contribution is -2.64. The van der Waals surface area contributed by atoms with Crippen LogP contribution in [0.4, 0.5) is 10.1 Å². The number of carbonyl (C=O) groups excluding carboxylic acids is 4. The van der Waals surface area contributed by atoms with E-state index in [1.165, 1.54) is 18.7 Å². The molecular weight excluding hydrogens is 856 g/mol. The molecule has 0 radical (unpaired) electrons. The van der Waals surface area contributed by atoms with E-state index in [1.54, 1.807) is 40.4 Å². The van der Waals surface area contributed by atoms with Crippen molar-refractivity contribution < 1.29 is 23.6 Å². The largest absolute Gasteiger partial charge is 0.368 e. The van der Waals surface area contributed by atoms with Crippen LogP contribution in [0.1, 0.15) is 118 Å². The van der Waals surface area contributed by atoms with Crippen LogP contribution in [0.5, 0.6) is 0 Å². The SMILES string of the molecule is CN1C(=O)CCC(n2c(=O)n(C)c3cc(C4CCN(C[C@H]5CCCC(N6[C@@H](C(N)=O)[C@H](c7cccc(Cl)c7F)[C@]7(C(=O)Nc8cc(Cl)ccc87)C67CCCCC7)C5)CC4)ccc32)C1=O. The molecule has 64 heavy (non-hydrogen) atoms. The fourth-order valence-electron chi connectivity index (χ4n) is 13.6. The van der Waals surface area contributed by atoms with Crippen molar-refractivity contribution in [3.63, 3.8) is 0 Å². The molecule has 3 aromatic carbocycles. The minimum absolute atomic E-state index is 0.0596. The number of amides is 4. The molecule has 12 nitrogen and oxygen atoms in total. The summed E-state index contributed by atoms with van der Waals surface area (Å²) >= 11 is 13.0. The monoisotopic (exact) mass is 911 g/mol. The van der Waals surface area contributed by atoms with Crippen LogP contribution < -0.4 is 16.7 Å². The summed E-state index contributed by atoms with van der Waals surface area (Å²) in [5.74, 6) is -2.30. The standard InChI is InChI=1S/C49H56Cl2FN7O5/c1-55-39-25-30(12-15-37(39)58(47(55)64)38-16-17-40(60)56(2)45(38)62)29-18-22-57(23-19-29)27-28-8-6-9-32(24-28)59-43(44(53)61)41(33-10-7-11-35(51)42(33)52)49(48(59)20-4-3-5-21-48)34-14-13-31(50)26-36(34)54-46(49)63/h7,10-15,25-26,28-29,32,38,41,43H,3-6,8-9,16-24,27H2,1-2H3,(H2,53,61)(H,54,63)/t28-,32?,38?,41-,43+,49+/m0/s1. The molecule has 1 aromatic heterocycles. The normalized spacial score (nSPS) is 29.0. The molecule has 3 N–H and O–H groups in total. The van der Waals surface area contributed by atoms with Crippen LogP contribution in [-0.4, -0.2) is 91.8 Å². The number of likely N-dealkylation sites (N-methyl/N-ethyl adjacent to an activating group) is 1. The minimum Gasteiger partial charge on any atom is -0.368 e. The predicted molar refractivity (Wildman–Crippen MR) is 244 cm³/mol. The first-order valence-corrected chi connectivity index (χ1v) is 23.9. The summed E-state index contributed by atoms with van der Waals surface area (Å²) in [5, 5.41) is 3.58. The van der Waals surface area contributed by atoms with Gasteiger partial charge < -0.3 is 16.0 Å². The van der Waals surface area contributed by atoms with Gasteiger partial charge in [-0.2, -0.15) is 0 Å². The zero-order valence-corrected chi connectivity index (χ0v) is 38.0. The Morgan fingerprint density at radius 1 is 0.891 bits per heavy atom. The molecule has 2 aliphatic carbocycles. The van der Waals surface area contributed by atoms with E-state index in [0.29, 0.717) is 47.3 Å². The van der Waals surface area contributed by atoms with E-state index in [9.17, 15) is 19.2 Å². The van der Waals surface area contributed by atoms with E-state index < -0.39 is 40.7 Å². The maximum atomic E-state index is 16.6. The molecule has 15 heteroatoms. The molecule has 3 saturated heterocycles. The Labute approximate surface area is 382 Å². The maximum Gasteiger partial charge on any atom is 0.329 e. The second-order valence-electron chi connectivity index (χ2n) is 19.5. The van der Waals surface area contributed by atoms with Gasteiger partial charge in [-0.25, -0.2) is 9.18 Å². The Balaban J connectivity index is 0.917. The number of anilines is 1. The Morgan fingerprint density at radius 2 is 1.66 bits per heavy atom. The summed E-state index contributed by atoms with van der Waals surface area (Å²) in [5.41, 5.74) is 8.36. The number of halogens is 3. The summed E-state index contributed by atoms with van der Waals surface area (Å²) < 4.78 is 19.8. The third-order valence-corrected chi connectivity index (χ3v) is 16.9. The molecule has 0 bridgehead atoms. The van der Waals surface area contributed by atoms with Crippen molar-refractivity contribution in [2.45, 2.75) is 124 Å². The minimum atomic E-state index is -1.32. The number of carbonyl (C=O) groups is 4. The van der Waals surface area contributed by atoms with Gasteiger partial charge in [-0.1, -0.05) is 73.2 Å². The quantitative estimate of drug-likeness (QED) is 0.184. The van der Waals surface area contributed by atoms with Gasteiger partial charge in [-0.05, 0) is 123 Å². The number of imidazole rings is 1. The van der Waals surface area contributed by atoms with Crippen molar-refractivity contribution in [1.82, 2.24) is 23.8 Å². The summed E-state index contributed by atoms with van der Waals surface area (Å²) in [7, 11) is 3.22. The molecule has 338 valence electrons. The molecule has 4 aromatic rings. The number of piperidine rings is 2. The smallest absolute Gasteiger partial charge is 0.329 e. The molecule has 2 unspecified atom stereocenters. The van der Waals surface area contributed by atoms with Gasteiger partial charge >= 0.3 is 5.69 Å². The zero-order valence-electron chi connectivity index (χ0n) is 36.5. The van der Waals surface area contributed by atoms with E-state index in [2.05, 4.69) is 27.2 Å². The molecule has 4 aliphatic heterocycles. The number of likely N-dealkylation sites (tertiary alicyclic amines) is 3. The summed E-state index contributed by atoms with van der Waals surface area (Å²) in [6.07, 6.45) is 10.2. The number of aromatic nitrogens is 2. The number of benzene rings is 3. The predicted octanol–water partition coefficient (Wildman–Crippen LogP) is 7.39. The second kappa shape index (κ2) is 16.4. The molecule has 5 heterocycles. The van der Waals surface area contributed by atoms with Crippen LogP contribution >= 0.6 is 23.2 Å². The number of imide groups is 1. The van der Waals surface area contributed by atoms with Gasteiger partial charge in [0, 0.05) is 55.3 Å². The van der Waals surface area contributed by atoms with Crippen LogP contribution in [0.15, 0.2) is 59.4 Å². The highest BCUT2D eigenvalue weighted by Crippen LogP contribution is 2.67. The third kappa shape index (κ3) is 6.53. The lowest BCUT2D eigenvalue weighted by molar-refractivity contribution is -0.149. The highest BCUT2D eigenvalue weighted by Gasteiger charge is 2.76. The fourth-order valence-corrected chi connectivity index (χ4v) is 14.0. The topological polar surface area (TPSA) is 143 Å². The Hall–Kier alpha value is -4.56.